The van der Waals surface area contributed by atoms with E-state index < -0.39 is 0 Å². The number of carbonyl (C=O) groups is 1. The van der Waals surface area contributed by atoms with E-state index in [1.807, 2.05) is 38.2 Å². The molecular weight excluding hydrogens is 280 g/mol. The smallest absolute Gasteiger partial charge is 0.224 e. The zero-order chi connectivity index (χ0) is 16.1. The van der Waals surface area contributed by atoms with Crippen LogP contribution in [0.15, 0.2) is 24.4 Å². The second-order valence-corrected chi connectivity index (χ2v) is 5.83. The molecule has 1 aromatic heterocycles. The number of carbonyl (C=O) groups excluding carboxylic acids is 1. The summed E-state index contributed by atoms with van der Waals surface area (Å²) in [5, 5.41) is 13.1. The van der Waals surface area contributed by atoms with Crippen LogP contribution >= 0.6 is 0 Å². The molecule has 0 spiro atoms. The van der Waals surface area contributed by atoms with Gasteiger partial charge in [0, 0.05) is 29.7 Å². The highest BCUT2D eigenvalue weighted by molar-refractivity contribution is 5.89. The normalized spacial score (nSPS) is 12.6. The molecule has 120 valence electrons. The van der Waals surface area contributed by atoms with Gasteiger partial charge in [-0.1, -0.05) is 13.8 Å². The first-order chi connectivity index (χ1) is 10.5. The van der Waals surface area contributed by atoms with E-state index in [1.54, 1.807) is 7.11 Å². The monoisotopic (exact) mass is 304 g/mol. The van der Waals surface area contributed by atoms with Crippen molar-refractivity contribution in [3.05, 3.63) is 30.0 Å². The molecule has 0 aliphatic carbocycles. The van der Waals surface area contributed by atoms with Crippen LogP contribution in [0, 0.1) is 5.92 Å². The SMILES string of the molecule is COc1ccc2[nH]cc(CC(=O)NC(CCO)C(C)C)c2c1. The van der Waals surface area contributed by atoms with Gasteiger partial charge in [-0.25, -0.2) is 0 Å². The predicted octanol–water partition coefficient (Wildman–Crippen LogP) is 2.24. The summed E-state index contributed by atoms with van der Waals surface area (Å²) in [5.74, 6) is 1.03. The molecule has 0 saturated heterocycles. The summed E-state index contributed by atoms with van der Waals surface area (Å²) in [6, 6.07) is 5.76. The molecule has 1 heterocycles. The van der Waals surface area contributed by atoms with Crippen LogP contribution in [-0.4, -0.2) is 35.8 Å². The highest BCUT2D eigenvalue weighted by Gasteiger charge is 2.17. The maximum Gasteiger partial charge on any atom is 0.224 e. The van der Waals surface area contributed by atoms with Gasteiger partial charge in [0.05, 0.1) is 13.5 Å². The van der Waals surface area contributed by atoms with Crippen molar-refractivity contribution in [2.24, 2.45) is 5.92 Å². The number of benzene rings is 1. The maximum absolute atomic E-state index is 12.3. The highest BCUT2D eigenvalue weighted by atomic mass is 16.5. The number of amides is 1. The molecule has 1 atom stereocenters. The third kappa shape index (κ3) is 3.80. The van der Waals surface area contributed by atoms with Crippen molar-refractivity contribution in [2.45, 2.75) is 32.7 Å². The van der Waals surface area contributed by atoms with E-state index in [9.17, 15) is 4.79 Å². The van der Waals surface area contributed by atoms with Crippen molar-refractivity contribution in [3.8, 4) is 5.75 Å². The van der Waals surface area contributed by atoms with Crippen LogP contribution in [0.3, 0.4) is 0 Å². The fourth-order valence-corrected chi connectivity index (χ4v) is 2.57. The topological polar surface area (TPSA) is 74.4 Å². The van der Waals surface area contributed by atoms with Crippen molar-refractivity contribution in [3.63, 3.8) is 0 Å². The number of methoxy groups -OCH3 is 1. The van der Waals surface area contributed by atoms with Gasteiger partial charge >= 0.3 is 0 Å². The Morgan fingerprint density at radius 2 is 2.18 bits per heavy atom. The number of H-pyrrole nitrogens is 1. The molecule has 2 rings (SSSR count). The van der Waals surface area contributed by atoms with E-state index >= 15 is 0 Å². The van der Waals surface area contributed by atoms with Gasteiger partial charge in [0.15, 0.2) is 0 Å². The van der Waals surface area contributed by atoms with Crippen LogP contribution < -0.4 is 10.1 Å². The summed E-state index contributed by atoms with van der Waals surface area (Å²) in [6.45, 7) is 4.15. The summed E-state index contributed by atoms with van der Waals surface area (Å²) in [7, 11) is 1.63. The zero-order valence-corrected chi connectivity index (χ0v) is 13.3. The molecule has 0 aliphatic rings. The summed E-state index contributed by atoms with van der Waals surface area (Å²) in [5.41, 5.74) is 1.93. The molecule has 3 N–H and O–H groups in total. The number of aromatic amines is 1. The van der Waals surface area contributed by atoms with Gasteiger partial charge in [-0.2, -0.15) is 0 Å². The van der Waals surface area contributed by atoms with Gasteiger partial charge in [-0.15, -0.1) is 0 Å². The molecule has 1 aromatic carbocycles. The number of nitrogens with one attached hydrogen (secondary N) is 2. The van der Waals surface area contributed by atoms with Gasteiger partial charge in [-0.3, -0.25) is 4.79 Å². The minimum absolute atomic E-state index is 0.00255. The van der Waals surface area contributed by atoms with E-state index in [4.69, 9.17) is 9.84 Å². The second-order valence-electron chi connectivity index (χ2n) is 5.83. The second kappa shape index (κ2) is 7.31. The Balaban J connectivity index is 2.11. The molecule has 5 nitrogen and oxygen atoms in total. The first-order valence-corrected chi connectivity index (χ1v) is 7.59. The average molecular weight is 304 g/mol. The zero-order valence-electron chi connectivity index (χ0n) is 13.3. The summed E-state index contributed by atoms with van der Waals surface area (Å²) in [6.07, 6.45) is 2.74. The Labute approximate surface area is 130 Å². The minimum atomic E-state index is -0.0316. The molecule has 0 radical (unpaired) electrons. The Morgan fingerprint density at radius 3 is 2.82 bits per heavy atom. The molecule has 0 aliphatic heterocycles. The van der Waals surface area contributed by atoms with E-state index in [2.05, 4.69) is 10.3 Å². The number of rotatable bonds is 7. The number of fused-ring (bicyclic) bond motifs is 1. The fraction of sp³-hybridized carbons (Fsp3) is 0.471. The van der Waals surface area contributed by atoms with E-state index in [0.29, 0.717) is 18.8 Å². The van der Waals surface area contributed by atoms with E-state index in [0.717, 1.165) is 22.2 Å². The highest BCUT2D eigenvalue weighted by Crippen LogP contribution is 2.24. The van der Waals surface area contributed by atoms with E-state index in [1.165, 1.54) is 0 Å². The Kier molecular flexibility index (Phi) is 5.44. The van der Waals surface area contributed by atoms with Gasteiger partial charge in [0.2, 0.25) is 5.91 Å². The average Bonchev–Trinajstić information content (AvgIpc) is 2.88. The molecule has 5 heteroatoms. The van der Waals surface area contributed by atoms with Crippen LogP contribution in [0.2, 0.25) is 0 Å². The number of hydrogen-bond donors (Lipinski definition) is 3. The lowest BCUT2D eigenvalue weighted by atomic mass is 10.0. The lowest BCUT2D eigenvalue weighted by molar-refractivity contribution is -0.121. The predicted molar refractivity (Wildman–Crippen MR) is 87.0 cm³/mol. The summed E-state index contributed by atoms with van der Waals surface area (Å²) in [4.78, 5) is 15.4. The molecule has 22 heavy (non-hydrogen) atoms. The molecule has 1 amide bonds. The van der Waals surface area contributed by atoms with Crippen LogP contribution in [0.25, 0.3) is 10.9 Å². The number of aromatic nitrogens is 1. The number of aliphatic hydroxyl groups excluding tert-OH is 1. The fourth-order valence-electron chi connectivity index (χ4n) is 2.57. The molecule has 0 bridgehead atoms. The lowest BCUT2D eigenvalue weighted by Gasteiger charge is -2.21. The van der Waals surface area contributed by atoms with Crippen LogP contribution in [0.4, 0.5) is 0 Å². The number of aliphatic hydroxyl groups is 1. The van der Waals surface area contributed by atoms with Crippen molar-refractivity contribution in [2.75, 3.05) is 13.7 Å². The van der Waals surface area contributed by atoms with Crippen LogP contribution in [0.5, 0.6) is 5.75 Å². The Hall–Kier alpha value is -2.01. The molecule has 2 aromatic rings. The summed E-state index contributed by atoms with van der Waals surface area (Å²) >= 11 is 0. The molecule has 0 saturated carbocycles. The molecular formula is C17H24N2O3. The van der Waals surface area contributed by atoms with Crippen molar-refractivity contribution >= 4 is 16.8 Å². The van der Waals surface area contributed by atoms with E-state index in [-0.39, 0.29) is 18.6 Å². The van der Waals surface area contributed by atoms with Crippen molar-refractivity contribution in [1.82, 2.24) is 10.3 Å². The molecule has 0 fully saturated rings. The first-order valence-electron chi connectivity index (χ1n) is 7.59. The number of ether oxygens (including phenoxy) is 1. The Morgan fingerprint density at radius 1 is 1.41 bits per heavy atom. The first kappa shape index (κ1) is 16.4. The maximum atomic E-state index is 12.3. The largest absolute Gasteiger partial charge is 0.497 e. The van der Waals surface area contributed by atoms with Crippen LogP contribution in [-0.2, 0) is 11.2 Å². The van der Waals surface area contributed by atoms with Gasteiger partial charge < -0.3 is 20.1 Å². The lowest BCUT2D eigenvalue weighted by Crippen LogP contribution is -2.39. The van der Waals surface area contributed by atoms with Gasteiger partial charge in [0.25, 0.3) is 0 Å². The number of hydrogen-bond acceptors (Lipinski definition) is 3. The van der Waals surface area contributed by atoms with Gasteiger partial charge in [-0.05, 0) is 36.1 Å². The third-order valence-electron chi connectivity index (χ3n) is 3.92. The molecule has 1 unspecified atom stereocenters. The Bertz CT molecular complexity index is 634. The van der Waals surface area contributed by atoms with Crippen molar-refractivity contribution in [1.29, 1.82) is 0 Å². The van der Waals surface area contributed by atoms with Crippen molar-refractivity contribution < 1.29 is 14.6 Å². The third-order valence-corrected chi connectivity index (χ3v) is 3.92. The minimum Gasteiger partial charge on any atom is -0.497 e. The standard InChI is InChI=1S/C17H24N2O3/c1-11(2)15(6-7-20)19-17(21)8-12-10-18-16-5-4-13(22-3)9-14(12)16/h4-5,9-11,15,18,20H,6-8H2,1-3H3,(H,19,21). The summed E-state index contributed by atoms with van der Waals surface area (Å²) < 4.78 is 5.24. The quantitative estimate of drug-likeness (QED) is 0.734. The van der Waals surface area contributed by atoms with Gasteiger partial charge in [0.1, 0.15) is 5.75 Å². The van der Waals surface area contributed by atoms with Crippen LogP contribution in [0.1, 0.15) is 25.8 Å².